The van der Waals surface area contributed by atoms with Gasteiger partial charge in [0.25, 0.3) is 5.56 Å². The number of carbonyl (C=O) groups is 1. The molecule has 0 bridgehead atoms. The maximum atomic E-state index is 12.4. The first-order valence-corrected chi connectivity index (χ1v) is 7.68. The minimum atomic E-state index is -0.385. The number of amides is 1. The lowest BCUT2D eigenvalue weighted by Gasteiger charge is -2.01. The molecule has 22 heavy (non-hydrogen) atoms. The van der Waals surface area contributed by atoms with Crippen LogP contribution in [0.5, 0.6) is 0 Å². The van der Waals surface area contributed by atoms with Crippen molar-refractivity contribution < 1.29 is 4.79 Å². The Balaban J connectivity index is 1.94. The fourth-order valence-electron chi connectivity index (χ4n) is 2.18. The molecule has 3 aromatic rings. The lowest BCUT2D eigenvalue weighted by atomic mass is 10.2. The van der Waals surface area contributed by atoms with Crippen molar-refractivity contribution in [1.29, 1.82) is 0 Å². The molecule has 6 nitrogen and oxygen atoms in total. The zero-order chi connectivity index (χ0) is 15.5. The van der Waals surface area contributed by atoms with Gasteiger partial charge in [-0.25, -0.2) is 4.68 Å². The van der Waals surface area contributed by atoms with Crippen molar-refractivity contribution >= 4 is 27.5 Å². The number of thiophene rings is 1. The van der Waals surface area contributed by atoms with Gasteiger partial charge in [-0.2, -0.15) is 0 Å². The van der Waals surface area contributed by atoms with Crippen LogP contribution < -0.4 is 11.3 Å². The Bertz CT molecular complexity index is 870. The van der Waals surface area contributed by atoms with Gasteiger partial charge in [-0.15, -0.1) is 16.4 Å². The molecule has 0 aliphatic rings. The summed E-state index contributed by atoms with van der Waals surface area (Å²) in [5.41, 5.74) is 5.95. The zero-order valence-corrected chi connectivity index (χ0v) is 12.5. The third kappa shape index (κ3) is 2.89. The van der Waals surface area contributed by atoms with E-state index in [0.29, 0.717) is 23.2 Å². The second kappa shape index (κ2) is 6.07. The number of rotatable bonds is 5. The van der Waals surface area contributed by atoms with Crippen LogP contribution in [-0.4, -0.2) is 20.9 Å². The van der Waals surface area contributed by atoms with Gasteiger partial charge < -0.3 is 5.73 Å². The topological polar surface area (TPSA) is 90.9 Å². The molecular formula is C15H14N4O2S. The van der Waals surface area contributed by atoms with Crippen LogP contribution in [0, 0.1) is 0 Å². The van der Waals surface area contributed by atoms with Gasteiger partial charge in [-0.3, -0.25) is 9.59 Å². The number of primary amides is 1. The van der Waals surface area contributed by atoms with Crippen molar-refractivity contribution in [3.8, 4) is 10.4 Å². The Morgan fingerprint density at radius 2 is 2.05 bits per heavy atom. The van der Waals surface area contributed by atoms with Crippen LogP contribution in [0.1, 0.15) is 12.8 Å². The van der Waals surface area contributed by atoms with Gasteiger partial charge in [0.1, 0.15) is 0 Å². The van der Waals surface area contributed by atoms with Crippen LogP contribution in [0.4, 0.5) is 0 Å². The Morgan fingerprint density at radius 1 is 1.27 bits per heavy atom. The second-order valence-corrected chi connectivity index (χ2v) is 5.91. The molecule has 2 N–H and O–H groups in total. The van der Waals surface area contributed by atoms with Gasteiger partial charge in [-0.1, -0.05) is 35.5 Å². The number of hydrogen-bond donors (Lipinski definition) is 1. The summed E-state index contributed by atoms with van der Waals surface area (Å²) in [5, 5.41) is 8.58. The molecule has 3 rings (SSSR count). The first-order valence-electron chi connectivity index (χ1n) is 6.86. The number of aryl methyl sites for hydroxylation is 1. The van der Waals surface area contributed by atoms with Crippen LogP contribution in [0.3, 0.4) is 0 Å². The minimum absolute atomic E-state index is 0.187. The molecule has 1 amide bonds. The first kappa shape index (κ1) is 14.4. The highest BCUT2D eigenvalue weighted by Crippen LogP contribution is 2.30. The predicted octanol–water partition coefficient (Wildman–Crippen LogP) is 1.79. The summed E-state index contributed by atoms with van der Waals surface area (Å²) in [4.78, 5) is 24.8. The fourth-order valence-corrected chi connectivity index (χ4v) is 3.15. The summed E-state index contributed by atoms with van der Waals surface area (Å²) >= 11 is 1.44. The number of nitrogens with zero attached hydrogens (tertiary/aromatic N) is 3. The average Bonchev–Trinajstić information content (AvgIpc) is 2.95. The summed E-state index contributed by atoms with van der Waals surface area (Å²) < 4.78 is 1.28. The lowest BCUT2D eigenvalue weighted by molar-refractivity contribution is -0.118. The van der Waals surface area contributed by atoms with Crippen LogP contribution in [-0.2, 0) is 11.3 Å². The van der Waals surface area contributed by atoms with Crippen molar-refractivity contribution in [3.63, 3.8) is 0 Å². The highest BCUT2D eigenvalue weighted by atomic mass is 32.1. The SMILES string of the molecule is NC(=O)CCCn1nnc2sc(-c3ccccc3)cc2c1=O. The number of carbonyl (C=O) groups excluding carboxylic acids is 1. The Labute approximate surface area is 130 Å². The monoisotopic (exact) mass is 314 g/mol. The molecule has 2 aromatic heterocycles. The van der Waals surface area contributed by atoms with E-state index in [-0.39, 0.29) is 17.9 Å². The molecule has 0 spiro atoms. The third-order valence-corrected chi connectivity index (χ3v) is 4.34. The van der Waals surface area contributed by atoms with E-state index in [1.54, 1.807) is 0 Å². The van der Waals surface area contributed by atoms with Crippen molar-refractivity contribution in [2.45, 2.75) is 19.4 Å². The predicted molar refractivity (Wildman–Crippen MR) is 85.5 cm³/mol. The first-order chi connectivity index (χ1) is 10.6. The molecule has 0 fully saturated rings. The third-order valence-electron chi connectivity index (χ3n) is 3.27. The Morgan fingerprint density at radius 3 is 2.77 bits per heavy atom. The summed E-state index contributed by atoms with van der Waals surface area (Å²) in [6, 6.07) is 11.7. The molecule has 0 saturated carbocycles. The lowest BCUT2D eigenvalue weighted by Crippen LogP contribution is -2.24. The normalized spacial score (nSPS) is 10.9. The molecule has 112 valence electrons. The van der Waals surface area contributed by atoms with Gasteiger partial charge in [0.05, 0.1) is 5.39 Å². The number of nitrogens with two attached hydrogens (primary N) is 1. The van der Waals surface area contributed by atoms with Crippen LogP contribution in [0.25, 0.3) is 20.7 Å². The average molecular weight is 314 g/mol. The summed E-state index contributed by atoms with van der Waals surface area (Å²) in [7, 11) is 0. The van der Waals surface area contributed by atoms with E-state index in [1.807, 2.05) is 36.4 Å². The molecule has 0 unspecified atom stereocenters. The molecule has 0 aliphatic heterocycles. The van der Waals surface area contributed by atoms with Gasteiger partial charge in [-0.05, 0) is 18.1 Å². The highest BCUT2D eigenvalue weighted by molar-refractivity contribution is 7.21. The smallest absolute Gasteiger partial charge is 0.278 e. The molecule has 1 aromatic carbocycles. The highest BCUT2D eigenvalue weighted by Gasteiger charge is 2.11. The van der Waals surface area contributed by atoms with Crippen molar-refractivity contribution in [3.05, 3.63) is 46.8 Å². The second-order valence-electron chi connectivity index (χ2n) is 4.88. The molecule has 2 heterocycles. The molecule has 7 heteroatoms. The standard InChI is InChI=1S/C15H14N4O2S/c16-13(20)7-4-8-19-15(21)11-9-12(22-14(11)17-18-19)10-5-2-1-3-6-10/h1-3,5-6,9H,4,7-8H2,(H2,16,20). The number of benzene rings is 1. The van der Waals surface area contributed by atoms with E-state index in [9.17, 15) is 9.59 Å². The van der Waals surface area contributed by atoms with E-state index in [0.717, 1.165) is 10.4 Å². The van der Waals surface area contributed by atoms with E-state index in [2.05, 4.69) is 10.3 Å². The van der Waals surface area contributed by atoms with Gasteiger partial charge in [0.15, 0.2) is 4.83 Å². The maximum Gasteiger partial charge on any atom is 0.278 e. The van der Waals surface area contributed by atoms with Gasteiger partial charge in [0.2, 0.25) is 5.91 Å². The quantitative estimate of drug-likeness (QED) is 0.777. The Hall–Kier alpha value is -2.54. The van der Waals surface area contributed by atoms with E-state index in [1.165, 1.54) is 16.0 Å². The van der Waals surface area contributed by atoms with Crippen LogP contribution in [0.2, 0.25) is 0 Å². The summed E-state index contributed by atoms with van der Waals surface area (Å²) in [5.74, 6) is -0.385. The van der Waals surface area contributed by atoms with Crippen molar-refractivity contribution in [2.24, 2.45) is 5.73 Å². The molecule has 0 atom stereocenters. The minimum Gasteiger partial charge on any atom is -0.370 e. The zero-order valence-electron chi connectivity index (χ0n) is 11.7. The summed E-state index contributed by atoms with van der Waals surface area (Å²) in [6.07, 6.45) is 0.705. The van der Waals surface area contributed by atoms with E-state index >= 15 is 0 Å². The van der Waals surface area contributed by atoms with Crippen molar-refractivity contribution in [1.82, 2.24) is 15.0 Å². The molecule has 0 aliphatic carbocycles. The molecular weight excluding hydrogens is 300 g/mol. The van der Waals surface area contributed by atoms with Crippen LogP contribution >= 0.6 is 11.3 Å². The summed E-state index contributed by atoms with van der Waals surface area (Å²) in [6.45, 7) is 0.335. The van der Waals surface area contributed by atoms with E-state index in [4.69, 9.17) is 5.73 Å². The van der Waals surface area contributed by atoms with Gasteiger partial charge in [0, 0.05) is 17.8 Å². The number of fused-ring (bicyclic) bond motifs is 1. The number of hydrogen-bond acceptors (Lipinski definition) is 5. The number of aromatic nitrogens is 3. The molecule has 0 radical (unpaired) electrons. The van der Waals surface area contributed by atoms with Crippen LogP contribution in [0.15, 0.2) is 41.2 Å². The Kier molecular flexibility index (Phi) is 3.97. The van der Waals surface area contributed by atoms with Gasteiger partial charge >= 0.3 is 0 Å². The van der Waals surface area contributed by atoms with Crippen molar-refractivity contribution in [2.75, 3.05) is 0 Å². The maximum absolute atomic E-state index is 12.4. The largest absolute Gasteiger partial charge is 0.370 e. The molecule has 0 saturated heterocycles. The fraction of sp³-hybridized carbons (Fsp3) is 0.200. The van der Waals surface area contributed by atoms with E-state index < -0.39 is 0 Å².